The number of aryl methyl sites for hydroxylation is 1. The fourth-order valence-electron chi connectivity index (χ4n) is 2.87. The first-order chi connectivity index (χ1) is 13.2. The first-order valence-electron chi connectivity index (χ1n) is 8.75. The van der Waals surface area contributed by atoms with Gasteiger partial charge in [-0.2, -0.15) is 0 Å². The summed E-state index contributed by atoms with van der Waals surface area (Å²) in [6.45, 7) is 2.30. The molecular weight excluding hydrogens is 342 g/mol. The zero-order valence-corrected chi connectivity index (χ0v) is 14.9. The third-order valence-electron chi connectivity index (χ3n) is 4.32. The quantitative estimate of drug-likeness (QED) is 0.706. The average molecular weight is 361 g/mol. The van der Waals surface area contributed by atoms with Crippen LogP contribution in [0, 0.1) is 0 Å². The first kappa shape index (κ1) is 16.9. The van der Waals surface area contributed by atoms with Crippen molar-refractivity contribution in [1.29, 1.82) is 0 Å². The predicted molar refractivity (Wildman–Crippen MR) is 104 cm³/mol. The number of nitrogens with zero attached hydrogens (tertiary/aromatic N) is 1. The van der Waals surface area contributed by atoms with Gasteiger partial charge in [0.05, 0.1) is 5.56 Å². The normalized spacial score (nSPS) is 11.9. The Kier molecular flexibility index (Phi) is 4.61. The second kappa shape index (κ2) is 7.37. The second-order valence-corrected chi connectivity index (χ2v) is 6.09. The third-order valence-corrected chi connectivity index (χ3v) is 4.32. The summed E-state index contributed by atoms with van der Waals surface area (Å²) in [6, 6.07) is 16.9. The summed E-state index contributed by atoms with van der Waals surface area (Å²) < 4.78 is 10.7. The van der Waals surface area contributed by atoms with Crippen LogP contribution in [-0.2, 0) is 6.42 Å². The van der Waals surface area contributed by atoms with Gasteiger partial charge in [-0.25, -0.2) is 4.98 Å². The van der Waals surface area contributed by atoms with Crippen LogP contribution < -0.4 is 20.1 Å². The van der Waals surface area contributed by atoms with Crippen LogP contribution in [0.15, 0.2) is 60.8 Å². The number of rotatable bonds is 5. The van der Waals surface area contributed by atoms with Crippen molar-refractivity contribution >= 4 is 23.1 Å². The van der Waals surface area contributed by atoms with E-state index >= 15 is 0 Å². The van der Waals surface area contributed by atoms with Crippen molar-refractivity contribution in [2.75, 3.05) is 17.4 Å². The smallest absolute Gasteiger partial charge is 0.257 e. The number of carbonyl (C=O) groups excluding carboxylic acids is 1. The lowest BCUT2D eigenvalue weighted by Gasteiger charge is -2.10. The molecule has 0 unspecified atom stereocenters. The molecule has 0 radical (unpaired) electrons. The van der Waals surface area contributed by atoms with E-state index in [1.165, 1.54) is 0 Å². The van der Waals surface area contributed by atoms with Gasteiger partial charge in [-0.05, 0) is 42.3 Å². The maximum Gasteiger partial charge on any atom is 0.257 e. The molecule has 6 nitrogen and oxygen atoms in total. The molecule has 0 fully saturated rings. The molecule has 0 saturated heterocycles. The zero-order chi connectivity index (χ0) is 18.6. The minimum Gasteiger partial charge on any atom is -0.454 e. The Balaban J connectivity index is 1.44. The van der Waals surface area contributed by atoms with Crippen LogP contribution in [0.25, 0.3) is 0 Å². The number of anilines is 3. The Morgan fingerprint density at radius 2 is 1.93 bits per heavy atom. The van der Waals surface area contributed by atoms with E-state index in [4.69, 9.17) is 9.47 Å². The van der Waals surface area contributed by atoms with E-state index in [-0.39, 0.29) is 12.7 Å². The number of amides is 1. The number of hydrogen-bond acceptors (Lipinski definition) is 5. The van der Waals surface area contributed by atoms with Crippen molar-refractivity contribution in [2.24, 2.45) is 0 Å². The van der Waals surface area contributed by atoms with Gasteiger partial charge in [0.15, 0.2) is 11.5 Å². The number of pyridine rings is 1. The SMILES string of the molecule is CCc1ccccc1NC(=O)c1ccc(Nc2ccc3c(c2)OCO3)nc1. The molecule has 0 saturated carbocycles. The molecule has 2 N–H and O–H groups in total. The summed E-state index contributed by atoms with van der Waals surface area (Å²) in [5.74, 6) is 1.89. The molecule has 1 amide bonds. The zero-order valence-electron chi connectivity index (χ0n) is 14.9. The van der Waals surface area contributed by atoms with Crippen LogP contribution in [-0.4, -0.2) is 17.7 Å². The van der Waals surface area contributed by atoms with Crippen molar-refractivity contribution in [2.45, 2.75) is 13.3 Å². The molecule has 4 rings (SSSR count). The van der Waals surface area contributed by atoms with E-state index in [1.807, 2.05) is 42.5 Å². The number of carbonyl (C=O) groups is 1. The van der Waals surface area contributed by atoms with E-state index < -0.39 is 0 Å². The topological polar surface area (TPSA) is 72.5 Å². The first-order valence-corrected chi connectivity index (χ1v) is 8.75. The van der Waals surface area contributed by atoms with Crippen molar-refractivity contribution < 1.29 is 14.3 Å². The largest absolute Gasteiger partial charge is 0.454 e. The van der Waals surface area contributed by atoms with Crippen LogP contribution >= 0.6 is 0 Å². The minimum atomic E-state index is -0.182. The molecule has 0 bridgehead atoms. The van der Waals surface area contributed by atoms with E-state index in [1.54, 1.807) is 18.3 Å². The van der Waals surface area contributed by atoms with Gasteiger partial charge in [0, 0.05) is 23.6 Å². The van der Waals surface area contributed by atoms with Crippen molar-refractivity contribution in [3.8, 4) is 11.5 Å². The molecule has 2 heterocycles. The molecule has 1 aliphatic rings. The Bertz CT molecular complexity index is 971. The number of benzene rings is 2. The van der Waals surface area contributed by atoms with Gasteiger partial charge in [-0.15, -0.1) is 0 Å². The Morgan fingerprint density at radius 1 is 1.07 bits per heavy atom. The molecule has 1 aliphatic heterocycles. The Labute approximate surface area is 157 Å². The van der Waals surface area contributed by atoms with E-state index in [0.717, 1.165) is 29.1 Å². The standard InChI is InChI=1S/C21H19N3O3/c1-2-14-5-3-4-6-17(14)24-21(25)15-7-10-20(22-12-15)23-16-8-9-18-19(11-16)27-13-26-18/h3-12H,2,13H2,1H3,(H,22,23)(H,24,25). The van der Waals surface area contributed by atoms with Gasteiger partial charge in [0.25, 0.3) is 5.91 Å². The molecule has 3 aromatic rings. The van der Waals surface area contributed by atoms with E-state index in [2.05, 4.69) is 22.5 Å². The maximum absolute atomic E-state index is 12.5. The predicted octanol–water partition coefficient (Wildman–Crippen LogP) is 4.37. The van der Waals surface area contributed by atoms with Gasteiger partial charge in [0.2, 0.25) is 6.79 Å². The third kappa shape index (κ3) is 3.69. The maximum atomic E-state index is 12.5. The number of nitrogens with one attached hydrogen (secondary N) is 2. The minimum absolute atomic E-state index is 0.182. The number of fused-ring (bicyclic) bond motifs is 1. The van der Waals surface area contributed by atoms with Crippen molar-refractivity contribution in [3.63, 3.8) is 0 Å². The lowest BCUT2D eigenvalue weighted by atomic mass is 10.1. The molecule has 0 atom stereocenters. The van der Waals surface area contributed by atoms with Crippen LogP contribution in [0.5, 0.6) is 11.5 Å². The summed E-state index contributed by atoms with van der Waals surface area (Å²) in [5, 5.41) is 6.13. The summed E-state index contributed by atoms with van der Waals surface area (Å²) in [6.07, 6.45) is 2.41. The van der Waals surface area contributed by atoms with E-state index in [0.29, 0.717) is 17.1 Å². The van der Waals surface area contributed by atoms with Gasteiger partial charge < -0.3 is 20.1 Å². The molecule has 6 heteroatoms. The lowest BCUT2D eigenvalue weighted by Crippen LogP contribution is -2.13. The van der Waals surface area contributed by atoms with Gasteiger partial charge in [-0.3, -0.25) is 4.79 Å². The number of para-hydroxylation sites is 1. The van der Waals surface area contributed by atoms with Crippen molar-refractivity contribution in [3.05, 3.63) is 71.9 Å². The fourth-order valence-corrected chi connectivity index (χ4v) is 2.87. The summed E-state index contributed by atoms with van der Waals surface area (Å²) in [7, 11) is 0. The molecular formula is C21H19N3O3. The van der Waals surface area contributed by atoms with Gasteiger partial charge in [0.1, 0.15) is 5.82 Å². The fraction of sp³-hybridized carbons (Fsp3) is 0.143. The molecule has 27 heavy (non-hydrogen) atoms. The van der Waals surface area contributed by atoms with Gasteiger partial charge in [-0.1, -0.05) is 25.1 Å². The van der Waals surface area contributed by atoms with Crippen molar-refractivity contribution in [1.82, 2.24) is 4.98 Å². The highest BCUT2D eigenvalue weighted by atomic mass is 16.7. The summed E-state index contributed by atoms with van der Waals surface area (Å²) >= 11 is 0. The van der Waals surface area contributed by atoms with Crippen LogP contribution in [0.4, 0.5) is 17.2 Å². The highest BCUT2D eigenvalue weighted by molar-refractivity contribution is 6.04. The van der Waals surface area contributed by atoms with E-state index in [9.17, 15) is 4.79 Å². The van der Waals surface area contributed by atoms with Gasteiger partial charge >= 0.3 is 0 Å². The number of hydrogen-bond donors (Lipinski definition) is 2. The highest BCUT2D eigenvalue weighted by Crippen LogP contribution is 2.34. The monoisotopic (exact) mass is 361 g/mol. The molecule has 0 aliphatic carbocycles. The Hall–Kier alpha value is -3.54. The summed E-state index contributed by atoms with van der Waals surface area (Å²) in [4.78, 5) is 16.8. The van der Waals surface area contributed by atoms with Crippen LogP contribution in [0.2, 0.25) is 0 Å². The number of aromatic nitrogens is 1. The second-order valence-electron chi connectivity index (χ2n) is 6.09. The Morgan fingerprint density at radius 3 is 2.74 bits per heavy atom. The molecule has 2 aromatic carbocycles. The summed E-state index contributed by atoms with van der Waals surface area (Å²) in [5.41, 5.74) is 3.26. The highest BCUT2D eigenvalue weighted by Gasteiger charge is 2.14. The molecule has 1 aromatic heterocycles. The van der Waals surface area contributed by atoms with Crippen LogP contribution in [0.3, 0.4) is 0 Å². The molecule has 136 valence electrons. The lowest BCUT2D eigenvalue weighted by molar-refractivity contribution is 0.102. The van der Waals surface area contributed by atoms with Crippen LogP contribution in [0.1, 0.15) is 22.8 Å². The number of ether oxygens (including phenoxy) is 2. The molecule has 0 spiro atoms. The average Bonchev–Trinajstić information content (AvgIpc) is 3.17.